The van der Waals surface area contributed by atoms with Crippen LogP contribution >= 0.6 is 0 Å². The molecule has 1 aromatic heterocycles. The summed E-state index contributed by atoms with van der Waals surface area (Å²) >= 11 is 0. The molecule has 0 unspecified atom stereocenters. The van der Waals surface area contributed by atoms with E-state index in [0.717, 1.165) is 11.3 Å². The number of aryl methyl sites for hydroxylation is 1. The molecule has 0 saturated heterocycles. The predicted molar refractivity (Wildman–Crippen MR) is 103 cm³/mol. The number of carbonyl (C=O) groups is 2. The molecule has 6 heteroatoms. The van der Waals surface area contributed by atoms with Gasteiger partial charge in [-0.05, 0) is 67.9 Å². The van der Waals surface area contributed by atoms with Gasteiger partial charge in [0, 0.05) is 16.9 Å². The van der Waals surface area contributed by atoms with E-state index in [1.165, 1.54) is 6.26 Å². The number of nitrogens with one attached hydrogen (secondary N) is 2. The van der Waals surface area contributed by atoms with Gasteiger partial charge < -0.3 is 19.8 Å². The summed E-state index contributed by atoms with van der Waals surface area (Å²) in [5, 5.41) is 5.59. The third-order valence-corrected chi connectivity index (χ3v) is 3.92. The standard InChI is InChI=1S/C21H20N2O4/c1-3-26-17-10-8-16(9-11-17)22-20(24)15-7-6-14(2)18(13-15)23-21(25)19-5-4-12-27-19/h4-13H,3H2,1-2H3,(H,22,24)(H,23,25). The Morgan fingerprint density at radius 3 is 2.44 bits per heavy atom. The van der Waals surface area contributed by atoms with Crippen LogP contribution in [-0.4, -0.2) is 18.4 Å². The highest BCUT2D eigenvalue weighted by atomic mass is 16.5. The molecule has 0 spiro atoms. The number of hydrogen-bond donors (Lipinski definition) is 2. The molecule has 0 fully saturated rings. The monoisotopic (exact) mass is 364 g/mol. The Balaban J connectivity index is 1.72. The number of furan rings is 1. The molecule has 3 aromatic rings. The Hall–Kier alpha value is -3.54. The molecular formula is C21H20N2O4. The van der Waals surface area contributed by atoms with Crippen molar-refractivity contribution in [1.29, 1.82) is 0 Å². The van der Waals surface area contributed by atoms with E-state index in [0.29, 0.717) is 23.5 Å². The first-order valence-corrected chi connectivity index (χ1v) is 8.56. The van der Waals surface area contributed by atoms with Crippen LogP contribution in [0.3, 0.4) is 0 Å². The summed E-state index contributed by atoms with van der Waals surface area (Å²) in [5.74, 6) is 0.312. The molecule has 0 aliphatic rings. The van der Waals surface area contributed by atoms with Gasteiger partial charge in [0.2, 0.25) is 0 Å². The van der Waals surface area contributed by atoms with Gasteiger partial charge in [-0.15, -0.1) is 0 Å². The molecule has 0 aliphatic carbocycles. The van der Waals surface area contributed by atoms with Crippen molar-refractivity contribution in [3.63, 3.8) is 0 Å². The first-order valence-electron chi connectivity index (χ1n) is 8.56. The fraction of sp³-hybridized carbons (Fsp3) is 0.143. The van der Waals surface area contributed by atoms with Crippen LogP contribution < -0.4 is 15.4 Å². The van der Waals surface area contributed by atoms with E-state index in [1.54, 1.807) is 54.6 Å². The summed E-state index contributed by atoms with van der Waals surface area (Å²) in [7, 11) is 0. The summed E-state index contributed by atoms with van der Waals surface area (Å²) < 4.78 is 10.5. The topological polar surface area (TPSA) is 80.6 Å². The number of hydrogen-bond acceptors (Lipinski definition) is 4. The smallest absolute Gasteiger partial charge is 0.291 e. The van der Waals surface area contributed by atoms with E-state index in [9.17, 15) is 9.59 Å². The van der Waals surface area contributed by atoms with E-state index >= 15 is 0 Å². The second-order valence-corrected chi connectivity index (χ2v) is 5.87. The maximum atomic E-state index is 12.5. The van der Waals surface area contributed by atoms with Gasteiger partial charge in [-0.1, -0.05) is 6.07 Å². The summed E-state index contributed by atoms with van der Waals surface area (Å²) in [4.78, 5) is 24.7. The predicted octanol–water partition coefficient (Wildman–Crippen LogP) is 4.49. The maximum absolute atomic E-state index is 12.5. The Labute approximate surface area is 157 Å². The zero-order valence-electron chi connectivity index (χ0n) is 15.1. The molecule has 0 radical (unpaired) electrons. The summed E-state index contributed by atoms with van der Waals surface area (Å²) in [6.45, 7) is 4.35. The lowest BCUT2D eigenvalue weighted by Gasteiger charge is -2.11. The Bertz CT molecular complexity index is 931. The van der Waals surface area contributed by atoms with Crippen molar-refractivity contribution in [2.24, 2.45) is 0 Å². The van der Waals surface area contributed by atoms with Crippen LogP contribution in [0.2, 0.25) is 0 Å². The second kappa shape index (κ2) is 8.23. The van der Waals surface area contributed by atoms with E-state index in [2.05, 4.69) is 10.6 Å². The quantitative estimate of drug-likeness (QED) is 0.675. The van der Waals surface area contributed by atoms with Crippen molar-refractivity contribution >= 4 is 23.2 Å². The van der Waals surface area contributed by atoms with E-state index < -0.39 is 0 Å². The highest BCUT2D eigenvalue weighted by molar-refractivity contribution is 6.07. The SMILES string of the molecule is CCOc1ccc(NC(=O)c2ccc(C)c(NC(=O)c3ccco3)c2)cc1. The van der Waals surface area contributed by atoms with Gasteiger partial charge in [0.25, 0.3) is 11.8 Å². The molecule has 0 aliphatic heterocycles. The number of anilines is 2. The van der Waals surface area contributed by atoms with E-state index in [-0.39, 0.29) is 17.6 Å². The van der Waals surface area contributed by atoms with Crippen LogP contribution in [-0.2, 0) is 0 Å². The van der Waals surface area contributed by atoms with Crippen molar-refractivity contribution in [2.75, 3.05) is 17.2 Å². The molecule has 2 N–H and O–H groups in total. The highest BCUT2D eigenvalue weighted by Gasteiger charge is 2.13. The summed E-state index contributed by atoms with van der Waals surface area (Å²) in [5.41, 5.74) is 2.48. The van der Waals surface area contributed by atoms with Crippen LogP contribution in [0.5, 0.6) is 5.75 Å². The molecular weight excluding hydrogens is 344 g/mol. The van der Waals surface area contributed by atoms with Gasteiger partial charge >= 0.3 is 0 Å². The molecule has 1 heterocycles. The van der Waals surface area contributed by atoms with E-state index in [1.807, 2.05) is 13.8 Å². The Morgan fingerprint density at radius 1 is 1.00 bits per heavy atom. The van der Waals surface area contributed by atoms with Crippen LogP contribution in [0.1, 0.15) is 33.4 Å². The van der Waals surface area contributed by atoms with Crippen molar-refractivity contribution in [3.8, 4) is 5.75 Å². The third kappa shape index (κ3) is 4.55. The average molecular weight is 364 g/mol. The average Bonchev–Trinajstić information content (AvgIpc) is 3.20. The number of amides is 2. The minimum atomic E-state index is -0.368. The first-order chi connectivity index (χ1) is 13.1. The molecule has 0 bridgehead atoms. The molecule has 27 heavy (non-hydrogen) atoms. The molecule has 138 valence electrons. The zero-order chi connectivity index (χ0) is 19.2. The molecule has 2 amide bonds. The molecule has 0 atom stereocenters. The number of carbonyl (C=O) groups excluding carboxylic acids is 2. The van der Waals surface area contributed by atoms with Crippen LogP contribution in [0.4, 0.5) is 11.4 Å². The zero-order valence-corrected chi connectivity index (χ0v) is 15.1. The van der Waals surface area contributed by atoms with Crippen molar-refractivity contribution in [1.82, 2.24) is 0 Å². The number of rotatable bonds is 6. The lowest BCUT2D eigenvalue weighted by molar-refractivity contribution is 0.0993. The Kier molecular flexibility index (Phi) is 5.56. The van der Waals surface area contributed by atoms with Gasteiger partial charge in [0.05, 0.1) is 12.9 Å². The van der Waals surface area contributed by atoms with Crippen molar-refractivity contribution in [3.05, 3.63) is 77.7 Å². The first kappa shape index (κ1) is 18.3. The highest BCUT2D eigenvalue weighted by Crippen LogP contribution is 2.20. The van der Waals surface area contributed by atoms with Crippen molar-refractivity contribution < 1.29 is 18.7 Å². The van der Waals surface area contributed by atoms with Gasteiger partial charge in [-0.25, -0.2) is 0 Å². The lowest BCUT2D eigenvalue weighted by Crippen LogP contribution is -2.15. The molecule has 0 saturated carbocycles. The number of ether oxygens (including phenoxy) is 1. The normalized spacial score (nSPS) is 10.3. The van der Waals surface area contributed by atoms with Gasteiger partial charge in [0.15, 0.2) is 5.76 Å². The molecule has 3 rings (SSSR count). The molecule has 6 nitrogen and oxygen atoms in total. The fourth-order valence-electron chi connectivity index (χ4n) is 2.49. The van der Waals surface area contributed by atoms with Crippen LogP contribution in [0.25, 0.3) is 0 Å². The summed E-state index contributed by atoms with van der Waals surface area (Å²) in [6.07, 6.45) is 1.43. The van der Waals surface area contributed by atoms with Gasteiger partial charge in [-0.3, -0.25) is 9.59 Å². The summed E-state index contributed by atoms with van der Waals surface area (Å²) in [6, 6.07) is 15.5. The van der Waals surface area contributed by atoms with Crippen LogP contribution in [0, 0.1) is 6.92 Å². The van der Waals surface area contributed by atoms with Gasteiger partial charge in [0.1, 0.15) is 5.75 Å². The molecule has 2 aromatic carbocycles. The largest absolute Gasteiger partial charge is 0.494 e. The van der Waals surface area contributed by atoms with Gasteiger partial charge in [-0.2, -0.15) is 0 Å². The third-order valence-electron chi connectivity index (χ3n) is 3.92. The minimum absolute atomic E-state index is 0.207. The fourth-order valence-corrected chi connectivity index (χ4v) is 2.49. The minimum Gasteiger partial charge on any atom is -0.494 e. The maximum Gasteiger partial charge on any atom is 0.291 e. The van der Waals surface area contributed by atoms with Crippen LogP contribution in [0.15, 0.2) is 65.3 Å². The van der Waals surface area contributed by atoms with E-state index in [4.69, 9.17) is 9.15 Å². The second-order valence-electron chi connectivity index (χ2n) is 5.87. The van der Waals surface area contributed by atoms with Crippen molar-refractivity contribution in [2.45, 2.75) is 13.8 Å². The lowest BCUT2D eigenvalue weighted by atomic mass is 10.1. The Morgan fingerprint density at radius 2 is 1.78 bits per heavy atom. The number of benzene rings is 2.